The summed E-state index contributed by atoms with van der Waals surface area (Å²) in [7, 11) is -0.745. The van der Waals surface area contributed by atoms with Crippen LogP contribution >= 0.6 is 0 Å². The van der Waals surface area contributed by atoms with Crippen molar-refractivity contribution in [1.29, 1.82) is 0 Å². The summed E-state index contributed by atoms with van der Waals surface area (Å²) in [6.07, 6.45) is 5.82. The summed E-state index contributed by atoms with van der Waals surface area (Å²) in [5.41, 5.74) is 0. The van der Waals surface area contributed by atoms with Crippen LogP contribution in [0.2, 0.25) is 0 Å². The lowest BCUT2D eigenvalue weighted by molar-refractivity contribution is 0.233. The molecule has 0 spiro atoms. The van der Waals surface area contributed by atoms with Crippen molar-refractivity contribution in [2.24, 2.45) is 0 Å². The van der Waals surface area contributed by atoms with Gasteiger partial charge >= 0.3 is 0 Å². The molecule has 0 aliphatic heterocycles. The molecule has 0 radical (unpaired) electrons. The van der Waals surface area contributed by atoms with Crippen molar-refractivity contribution >= 4 is 16.6 Å². The molecular weight excluding hydrogens is 238 g/mol. The maximum Gasteiger partial charge on any atom is 0.257 e. The number of nitrogens with zero attached hydrogens (tertiary/aromatic N) is 2. The summed E-state index contributed by atoms with van der Waals surface area (Å²) in [5.74, 6) is 1.84. The zero-order valence-electron chi connectivity index (χ0n) is 10.5. The number of hydrogen-bond acceptors (Lipinski definition) is 5. The highest BCUT2D eigenvalue weighted by molar-refractivity contribution is 7.84. The average molecular weight is 257 g/mol. The molecule has 6 heteroatoms. The fraction of sp³-hybridized carbons (Fsp3) is 0.636. The highest BCUT2D eigenvalue weighted by atomic mass is 32.2. The molecule has 0 amide bonds. The lowest BCUT2D eigenvalue weighted by Crippen LogP contribution is -2.12. The Morgan fingerprint density at radius 2 is 2.12 bits per heavy atom. The molecule has 0 saturated heterocycles. The molecule has 0 saturated carbocycles. The normalized spacial score (nSPS) is 12.5. The van der Waals surface area contributed by atoms with Gasteiger partial charge in [0.1, 0.15) is 0 Å². The van der Waals surface area contributed by atoms with Crippen molar-refractivity contribution in [2.45, 2.75) is 26.4 Å². The summed E-state index contributed by atoms with van der Waals surface area (Å²) >= 11 is 0. The Morgan fingerprint density at radius 3 is 2.76 bits per heavy atom. The van der Waals surface area contributed by atoms with Crippen molar-refractivity contribution < 1.29 is 8.95 Å². The minimum absolute atomic E-state index is 0.0652. The van der Waals surface area contributed by atoms with Gasteiger partial charge in [0.2, 0.25) is 0 Å². The van der Waals surface area contributed by atoms with Gasteiger partial charge in [-0.1, -0.05) is 0 Å². The zero-order valence-corrected chi connectivity index (χ0v) is 11.3. The first-order chi connectivity index (χ1) is 8.09. The Kier molecular flexibility index (Phi) is 5.90. The number of nitrogens with one attached hydrogen (secondary N) is 1. The molecule has 0 aliphatic carbocycles. The third-order valence-corrected chi connectivity index (χ3v) is 2.78. The van der Waals surface area contributed by atoms with Crippen LogP contribution in [0.4, 0.5) is 5.82 Å². The lowest BCUT2D eigenvalue weighted by Gasteiger charge is -2.12. The second kappa shape index (κ2) is 7.21. The molecule has 1 heterocycles. The van der Waals surface area contributed by atoms with Gasteiger partial charge in [-0.15, -0.1) is 0 Å². The van der Waals surface area contributed by atoms with Gasteiger partial charge in [-0.05, 0) is 20.3 Å². The first-order valence-corrected chi connectivity index (χ1v) is 7.34. The Balaban J connectivity index is 2.49. The molecule has 0 fully saturated rings. The number of rotatable bonds is 7. The fourth-order valence-electron chi connectivity index (χ4n) is 1.24. The third-order valence-electron chi connectivity index (χ3n) is 1.91. The summed E-state index contributed by atoms with van der Waals surface area (Å²) in [6.45, 7) is 4.60. The molecule has 1 aromatic rings. The van der Waals surface area contributed by atoms with Crippen molar-refractivity contribution in [2.75, 3.05) is 23.9 Å². The van der Waals surface area contributed by atoms with E-state index in [2.05, 4.69) is 15.3 Å². The monoisotopic (exact) mass is 257 g/mol. The fourth-order valence-corrected chi connectivity index (χ4v) is 1.79. The zero-order chi connectivity index (χ0) is 12.7. The van der Waals surface area contributed by atoms with E-state index in [1.165, 1.54) is 0 Å². The van der Waals surface area contributed by atoms with Gasteiger partial charge in [0.05, 0.1) is 6.10 Å². The number of hydrogen-bond donors (Lipinski definition) is 1. The minimum Gasteiger partial charge on any atom is -0.472 e. The van der Waals surface area contributed by atoms with Crippen LogP contribution in [0.3, 0.4) is 0 Å². The van der Waals surface area contributed by atoms with E-state index in [1.54, 1.807) is 18.6 Å². The molecule has 0 aromatic carbocycles. The number of ether oxygens (including phenoxy) is 1. The molecule has 1 unspecified atom stereocenters. The van der Waals surface area contributed by atoms with Crippen LogP contribution in [0, 0.1) is 0 Å². The van der Waals surface area contributed by atoms with Crippen LogP contribution in [0.15, 0.2) is 12.4 Å². The third kappa shape index (κ3) is 5.63. The van der Waals surface area contributed by atoms with Gasteiger partial charge in [0.25, 0.3) is 5.88 Å². The van der Waals surface area contributed by atoms with Gasteiger partial charge in [-0.25, -0.2) is 9.97 Å². The summed E-state index contributed by atoms with van der Waals surface area (Å²) in [5, 5.41) is 3.14. The smallest absolute Gasteiger partial charge is 0.257 e. The summed E-state index contributed by atoms with van der Waals surface area (Å²) < 4.78 is 16.4. The summed E-state index contributed by atoms with van der Waals surface area (Å²) in [4.78, 5) is 8.30. The van der Waals surface area contributed by atoms with Gasteiger partial charge in [0, 0.05) is 41.7 Å². The quantitative estimate of drug-likeness (QED) is 0.749. The predicted octanol–water partition coefficient (Wildman–Crippen LogP) is 1.44. The maximum atomic E-state index is 10.9. The SMILES string of the molecule is CC(C)Oc1nccnc1NCCCS(C)=O. The molecule has 1 N–H and O–H groups in total. The molecule has 1 rings (SSSR count). The Morgan fingerprint density at radius 1 is 1.41 bits per heavy atom. The highest BCUT2D eigenvalue weighted by Crippen LogP contribution is 2.18. The van der Waals surface area contributed by atoms with Crippen LogP contribution in [-0.4, -0.2) is 38.8 Å². The van der Waals surface area contributed by atoms with E-state index in [0.29, 0.717) is 24.0 Å². The summed E-state index contributed by atoms with van der Waals surface area (Å²) in [6, 6.07) is 0. The van der Waals surface area contributed by atoms with Gasteiger partial charge in [-0.2, -0.15) is 0 Å². The molecule has 0 aliphatic rings. The van der Waals surface area contributed by atoms with Crippen LogP contribution in [0.1, 0.15) is 20.3 Å². The molecule has 1 atom stereocenters. The Bertz CT molecular complexity index is 371. The van der Waals surface area contributed by atoms with Gasteiger partial charge < -0.3 is 10.1 Å². The first-order valence-electron chi connectivity index (χ1n) is 5.61. The predicted molar refractivity (Wildman–Crippen MR) is 69.8 cm³/mol. The second-order valence-electron chi connectivity index (χ2n) is 3.93. The molecule has 5 nitrogen and oxygen atoms in total. The standard InChI is InChI=1S/C11H19N3O2S/c1-9(2)16-11-10(13-6-7-14-11)12-5-4-8-17(3)15/h6-7,9H,4-5,8H2,1-3H3,(H,12,13). The van der Waals surface area contributed by atoms with Crippen LogP contribution in [-0.2, 0) is 10.8 Å². The topological polar surface area (TPSA) is 64.1 Å². The van der Waals surface area contributed by atoms with Crippen molar-refractivity contribution in [1.82, 2.24) is 9.97 Å². The molecule has 96 valence electrons. The van der Waals surface area contributed by atoms with Crippen molar-refractivity contribution in [3.63, 3.8) is 0 Å². The maximum absolute atomic E-state index is 10.9. The average Bonchev–Trinajstić information content (AvgIpc) is 2.25. The van der Waals surface area contributed by atoms with E-state index in [1.807, 2.05) is 13.8 Å². The molecule has 17 heavy (non-hydrogen) atoms. The Hall–Kier alpha value is -1.17. The van der Waals surface area contributed by atoms with Crippen LogP contribution in [0.5, 0.6) is 5.88 Å². The molecule has 1 aromatic heterocycles. The number of anilines is 1. The van der Waals surface area contributed by atoms with Crippen molar-refractivity contribution in [3.8, 4) is 5.88 Å². The van der Waals surface area contributed by atoms with E-state index in [4.69, 9.17) is 4.74 Å². The molecular formula is C11H19N3O2S. The van der Waals surface area contributed by atoms with Crippen LogP contribution < -0.4 is 10.1 Å². The van der Waals surface area contributed by atoms with Gasteiger partial charge in [-0.3, -0.25) is 4.21 Å². The van der Waals surface area contributed by atoms with E-state index in [-0.39, 0.29) is 6.10 Å². The van der Waals surface area contributed by atoms with E-state index < -0.39 is 10.8 Å². The van der Waals surface area contributed by atoms with E-state index in [9.17, 15) is 4.21 Å². The largest absolute Gasteiger partial charge is 0.472 e. The highest BCUT2D eigenvalue weighted by Gasteiger charge is 2.07. The second-order valence-corrected chi connectivity index (χ2v) is 5.49. The van der Waals surface area contributed by atoms with Gasteiger partial charge in [0.15, 0.2) is 5.82 Å². The lowest BCUT2D eigenvalue weighted by atomic mass is 10.4. The Labute approximate surface area is 104 Å². The number of aromatic nitrogens is 2. The van der Waals surface area contributed by atoms with E-state index >= 15 is 0 Å². The van der Waals surface area contributed by atoms with Crippen LogP contribution in [0.25, 0.3) is 0 Å². The first kappa shape index (κ1) is 13.9. The minimum atomic E-state index is -0.745. The van der Waals surface area contributed by atoms with Crippen molar-refractivity contribution in [3.05, 3.63) is 12.4 Å². The van der Waals surface area contributed by atoms with E-state index in [0.717, 1.165) is 6.42 Å². The molecule has 0 bridgehead atoms.